The Morgan fingerprint density at radius 2 is 1.92 bits per heavy atom. The van der Waals surface area contributed by atoms with Gasteiger partial charge in [-0.05, 0) is 44.5 Å². The van der Waals surface area contributed by atoms with Crippen LogP contribution < -0.4 is 4.31 Å². The summed E-state index contributed by atoms with van der Waals surface area (Å²) in [6, 6.07) is 14.1. The maximum atomic E-state index is 13.2. The molecule has 0 spiro atoms. The third kappa shape index (κ3) is 4.54. The van der Waals surface area contributed by atoms with Gasteiger partial charge in [-0.25, -0.2) is 8.42 Å². The van der Waals surface area contributed by atoms with Crippen molar-refractivity contribution in [1.29, 1.82) is 5.26 Å². The molecule has 0 bridgehead atoms. The first-order valence-electron chi connectivity index (χ1n) is 8.32. The molecule has 6 nitrogen and oxygen atoms in total. The van der Waals surface area contributed by atoms with E-state index < -0.39 is 10.0 Å². The molecule has 7 heteroatoms. The zero-order valence-electron chi connectivity index (χ0n) is 14.8. The predicted molar refractivity (Wildman–Crippen MR) is 99.5 cm³/mol. The van der Waals surface area contributed by atoms with Gasteiger partial charge in [-0.1, -0.05) is 18.2 Å². The minimum atomic E-state index is -3.90. The van der Waals surface area contributed by atoms with Gasteiger partial charge < -0.3 is 9.84 Å². The summed E-state index contributed by atoms with van der Waals surface area (Å²) in [7, 11) is -3.90. The van der Waals surface area contributed by atoms with Crippen LogP contribution in [0.5, 0.6) is 5.75 Å². The van der Waals surface area contributed by atoms with Gasteiger partial charge in [-0.2, -0.15) is 5.26 Å². The second kappa shape index (κ2) is 8.70. The summed E-state index contributed by atoms with van der Waals surface area (Å²) in [5.41, 5.74) is 0.325. The third-order valence-electron chi connectivity index (χ3n) is 3.89. The molecule has 0 fully saturated rings. The lowest BCUT2D eigenvalue weighted by Crippen LogP contribution is -2.34. The number of aromatic hydroxyl groups is 1. The molecule has 0 radical (unpaired) electrons. The first kappa shape index (κ1) is 19.8. The summed E-state index contributed by atoms with van der Waals surface area (Å²) in [4.78, 5) is 0.122. The Bertz CT molecular complexity index is 876. The normalized spacial score (nSPS) is 12.3. The molecular formula is C19H22N2O4S. The summed E-state index contributed by atoms with van der Waals surface area (Å²) < 4.78 is 33.0. The number of phenols is 1. The molecule has 0 aliphatic rings. The van der Waals surface area contributed by atoms with E-state index in [1.54, 1.807) is 18.2 Å². The van der Waals surface area contributed by atoms with Crippen LogP contribution >= 0.6 is 0 Å². The Morgan fingerprint density at radius 3 is 2.54 bits per heavy atom. The Labute approximate surface area is 154 Å². The quantitative estimate of drug-likeness (QED) is 0.766. The van der Waals surface area contributed by atoms with E-state index >= 15 is 0 Å². The number of nitriles is 1. The Hall–Kier alpha value is -2.56. The SMILES string of the molecule is CCOC(C)CCN(c1cc(O)ccc1C#N)S(=O)(=O)c1ccccc1. The van der Waals surface area contributed by atoms with Gasteiger partial charge in [-0.3, -0.25) is 4.31 Å². The average molecular weight is 374 g/mol. The zero-order chi connectivity index (χ0) is 19.2. The van der Waals surface area contributed by atoms with Crippen LogP contribution in [0.1, 0.15) is 25.8 Å². The molecule has 2 aromatic carbocycles. The summed E-state index contributed by atoms with van der Waals surface area (Å²) in [5.74, 6) is -0.106. The number of rotatable bonds is 8. The van der Waals surface area contributed by atoms with Gasteiger partial charge in [0.2, 0.25) is 0 Å². The molecule has 0 aliphatic heterocycles. The molecular weight excluding hydrogens is 352 g/mol. The van der Waals surface area contributed by atoms with E-state index in [9.17, 15) is 18.8 Å². The topological polar surface area (TPSA) is 90.6 Å². The van der Waals surface area contributed by atoms with E-state index in [0.29, 0.717) is 13.0 Å². The molecule has 1 unspecified atom stereocenters. The van der Waals surface area contributed by atoms with E-state index in [2.05, 4.69) is 0 Å². The standard InChI is InChI=1S/C19H22N2O4S/c1-3-25-15(2)11-12-21(19-13-17(22)10-9-16(19)14-20)26(23,24)18-7-5-4-6-8-18/h4-10,13,15,22H,3,11-12H2,1-2H3. The molecule has 0 amide bonds. The van der Waals surface area contributed by atoms with Crippen LogP contribution in [0.25, 0.3) is 0 Å². The van der Waals surface area contributed by atoms with Crippen molar-refractivity contribution >= 4 is 15.7 Å². The van der Waals surface area contributed by atoms with Crippen molar-refractivity contribution in [3.05, 3.63) is 54.1 Å². The highest BCUT2D eigenvalue weighted by atomic mass is 32.2. The van der Waals surface area contributed by atoms with E-state index in [1.807, 2.05) is 19.9 Å². The lowest BCUT2D eigenvalue weighted by Gasteiger charge is -2.26. The summed E-state index contributed by atoms with van der Waals surface area (Å²) in [5, 5.41) is 19.2. The Morgan fingerprint density at radius 1 is 1.23 bits per heavy atom. The molecule has 2 aromatic rings. The molecule has 1 atom stereocenters. The smallest absolute Gasteiger partial charge is 0.264 e. The highest BCUT2D eigenvalue weighted by Crippen LogP contribution is 2.30. The lowest BCUT2D eigenvalue weighted by atomic mass is 10.1. The number of hydrogen-bond donors (Lipinski definition) is 1. The number of ether oxygens (including phenoxy) is 1. The minimum Gasteiger partial charge on any atom is -0.508 e. The molecule has 0 saturated heterocycles. The highest BCUT2D eigenvalue weighted by molar-refractivity contribution is 7.92. The van der Waals surface area contributed by atoms with Crippen molar-refractivity contribution in [2.75, 3.05) is 17.5 Å². The molecule has 138 valence electrons. The van der Waals surface area contributed by atoms with E-state index in [-0.39, 0.29) is 34.5 Å². The van der Waals surface area contributed by atoms with Gasteiger partial charge in [0.15, 0.2) is 0 Å². The molecule has 26 heavy (non-hydrogen) atoms. The molecule has 0 aliphatic carbocycles. The van der Waals surface area contributed by atoms with Gasteiger partial charge in [0.1, 0.15) is 11.8 Å². The van der Waals surface area contributed by atoms with Crippen LogP contribution in [0.4, 0.5) is 5.69 Å². The number of anilines is 1. The van der Waals surface area contributed by atoms with Gasteiger partial charge >= 0.3 is 0 Å². The maximum absolute atomic E-state index is 13.2. The van der Waals surface area contributed by atoms with Crippen molar-refractivity contribution < 1.29 is 18.3 Å². The van der Waals surface area contributed by atoms with Gasteiger partial charge in [-0.15, -0.1) is 0 Å². The van der Waals surface area contributed by atoms with Crippen LogP contribution in [-0.4, -0.2) is 32.8 Å². The van der Waals surface area contributed by atoms with E-state index in [1.165, 1.54) is 30.3 Å². The fourth-order valence-corrected chi connectivity index (χ4v) is 4.09. The van der Waals surface area contributed by atoms with Crippen LogP contribution in [0.3, 0.4) is 0 Å². The molecule has 0 aromatic heterocycles. The minimum absolute atomic E-state index is 0.106. The van der Waals surface area contributed by atoms with Crippen LogP contribution in [0.2, 0.25) is 0 Å². The number of sulfonamides is 1. The summed E-state index contributed by atoms with van der Waals surface area (Å²) in [6.07, 6.45) is 0.303. The number of hydrogen-bond acceptors (Lipinski definition) is 5. The van der Waals surface area contributed by atoms with E-state index in [0.717, 1.165) is 4.31 Å². The van der Waals surface area contributed by atoms with Gasteiger partial charge in [0, 0.05) is 19.2 Å². The monoisotopic (exact) mass is 374 g/mol. The molecule has 0 saturated carbocycles. The van der Waals surface area contributed by atoms with Crippen LogP contribution in [0, 0.1) is 11.3 Å². The van der Waals surface area contributed by atoms with Gasteiger partial charge in [0.25, 0.3) is 10.0 Å². The lowest BCUT2D eigenvalue weighted by molar-refractivity contribution is 0.0723. The van der Waals surface area contributed by atoms with E-state index in [4.69, 9.17) is 4.74 Å². The Balaban J connectivity index is 2.50. The second-order valence-corrected chi connectivity index (χ2v) is 7.62. The maximum Gasteiger partial charge on any atom is 0.264 e. The predicted octanol–water partition coefficient (Wildman–Crippen LogP) is 3.27. The largest absolute Gasteiger partial charge is 0.508 e. The van der Waals surface area contributed by atoms with Crippen molar-refractivity contribution in [1.82, 2.24) is 0 Å². The van der Waals surface area contributed by atoms with Crippen molar-refractivity contribution in [2.24, 2.45) is 0 Å². The van der Waals surface area contributed by atoms with Crippen molar-refractivity contribution in [2.45, 2.75) is 31.3 Å². The molecule has 2 rings (SSSR count). The first-order chi connectivity index (χ1) is 12.4. The fourth-order valence-electron chi connectivity index (χ4n) is 2.58. The van der Waals surface area contributed by atoms with Crippen LogP contribution in [0.15, 0.2) is 53.4 Å². The summed E-state index contributed by atoms with van der Waals surface area (Å²) in [6.45, 7) is 4.39. The molecule has 0 heterocycles. The first-order valence-corrected chi connectivity index (χ1v) is 9.76. The number of benzene rings is 2. The van der Waals surface area contributed by atoms with Crippen molar-refractivity contribution in [3.63, 3.8) is 0 Å². The third-order valence-corrected chi connectivity index (χ3v) is 5.72. The van der Waals surface area contributed by atoms with Crippen molar-refractivity contribution in [3.8, 4) is 11.8 Å². The fraction of sp³-hybridized carbons (Fsp3) is 0.316. The van der Waals surface area contributed by atoms with Crippen LogP contribution in [-0.2, 0) is 14.8 Å². The molecule has 1 N–H and O–H groups in total. The summed E-state index contributed by atoms with van der Waals surface area (Å²) >= 11 is 0. The average Bonchev–Trinajstić information content (AvgIpc) is 2.63. The number of phenolic OH excluding ortho intramolecular Hbond substituents is 1. The zero-order valence-corrected chi connectivity index (χ0v) is 15.6. The van der Waals surface area contributed by atoms with Gasteiger partial charge in [0.05, 0.1) is 22.3 Å². The number of nitrogens with zero attached hydrogens (tertiary/aromatic N) is 2. The second-order valence-electron chi connectivity index (χ2n) is 5.76. The Kier molecular flexibility index (Phi) is 6.61. The highest BCUT2D eigenvalue weighted by Gasteiger charge is 2.27.